The Morgan fingerprint density at radius 2 is 1.86 bits per heavy atom. The molecule has 2 fully saturated rings. The molecule has 1 aliphatic carbocycles. The van der Waals surface area contributed by atoms with Crippen LogP contribution in [0.3, 0.4) is 0 Å². The lowest BCUT2D eigenvalue weighted by molar-refractivity contribution is -0.133. The van der Waals surface area contributed by atoms with Gasteiger partial charge in [0.2, 0.25) is 15.9 Å². The zero-order valence-corrected chi connectivity index (χ0v) is 13.5. The van der Waals surface area contributed by atoms with E-state index in [2.05, 4.69) is 4.90 Å². The fraction of sp³-hybridized carbons (Fsp3) is 0.923. The highest BCUT2D eigenvalue weighted by molar-refractivity contribution is 7.88. The van der Waals surface area contributed by atoms with E-state index in [0.29, 0.717) is 13.1 Å². The molecule has 1 N–H and O–H groups in total. The van der Waals surface area contributed by atoms with E-state index in [-0.39, 0.29) is 24.6 Å². The number of likely N-dealkylation sites (N-methyl/N-ethyl adjacent to an activating group) is 1. The van der Waals surface area contributed by atoms with E-state index in [1.54, 1.807) is 4.90 Å². The maximum atomic E-state index is 12.1. The van der Waals surface area contributed by atoms with Crippen LogP contribution in [0.1, 0.15) is 19.3 Å². The van der Waals surface area contributed by atoms with Crippen LogP contribution in [0.2, 0.25) is 0 Å². The number of piperazine rings is 1. The average Bonchev–Trinajstić information content (AvgIpc) is 2.84. The number of amides is 1. The van der Waals surface area contributed by atoms with Crippen LogP contribution in [0.15, 0.2) is 0 Å². The number of nitrogens with zero attached hydrogens (tertiary/aromatic N) is 3. The SMILES string of the molecule is CN(CC(=O)N1CCN([C@H]2CCC[C@@H]2O)CC1)S(C)(=O)=O. The van der Waals surface area contributed by atoms with Crippen molar-refractivity contribution < 1.29 is 18.3 Å². The molecular formula is C13H25N3O4S. The van der Waals surface area contributed by atoms with Crippen molar-refractivity contribution >= 4 is 15.9 Å². The van der Waals surface area contributed by atoms with Gasteiger partial charge in [-0.25, -0.2) is 8.42 Å². The van der Waals surface area contributed by atoms with Gasteiger partial charge in [-0.05, 0) is 19.3 Å². The van der Waals surface area contributed by atoms with Crippen molar-refractivity contribution in [3.05, 3.63) is 0 Å². The zero-order valence-electron chi connectivity index (χ0n) is 12.7. The molecule has 1 aliphatic heterocycles. The Kier molecular flexibility index (Phi) is 5.24. The molecule has 2 atom stereocenters. The van der Waals surface area contributed by atoms with Crippen molar-refractivity contribution in [3.8, 4) is 0 Å². The first-order valence-corrected chi connectivity index (χ1v) is 9.25. The van der Waals surface area contributed by atoms with E-state index >= 15 is 0 Å². The topological polar surface area (TPSA) is 81.2 Å². The summed E-state index contributed by atoms with van der Waals surface area (Å²) >= 11 is 0. The van der Waals surface area contributed by atoms with Crippen LogP contribution in [0, 0.1) is 0 Å². The van der Waals surface area contributed by atoms with Crippen molar-refractivity contribution in [2.24, 2.45) is 0 Å². The predicted molar refractivity (Wildman–Crippen MR) is 79.3 cm³/mol. The minimum absolute atomic E-state index is 0.106. The van der Waals surface area contributed by atoms with Crippen LogP contribution in [-0.2, 0) is 14.8 Å². The summed E-state index contributed by atoms with van der Waals surface area (Å²) < 4.78 is 23.7. The van der Waals surface area contributed by atoms with Gasteiger partial charge in [-0.15, -0.1) is 0 Å². The molecule has 0 unspecified atom stereocenters. The second-order valence-electron chi connectivity index (χ2n) is 6.00. The number of sulfonamides is 1. The molecule has 7 nitrogen and oxygen atoms in total. The van der Waals surface area contributed by atoms with Gasteiger partial charge in [-0.3, -0.25) is 9.69 Å². The Morgan fingerprint density at radius 1 is 1.24 bits per heavy atom. The summed E-state index contributed by atoms with van der Waals surface area (Å²) in [7, 11) is -1.91. The van der Waals surface area contributed by atoms with Crippen LogP contribution in [0.5, 0.6) is 0 Å². The van der Waals surface area contributed by atoms with Crippen LogP contribution in [0.4, 0.5) is 0 Å². The molecule has 1 heterocycles. The van der Waals surface area contributed by atoms with Gasteiger partial charge in [0.1, 0.15) is 0 Å². The zero-order chi connectivity index (χ0) is 15.6. The normalized spacial score (nSPS) is 28.3. The smallest absolute Gasteiger partial charge is 0.237 e. The monoisotopic (exact) mass is 319 g/mol. The van der Waals surface area contributed by atoms with Gasteiger partial charge in [0.05, 0.1) is 18.9 Å². The molecule has 1 amide bonds. The predicted octanol–water partition coefficient (Wildman–Crippen LogP) is -1.06. The first-order chi connectivity index (χ1) is 9.79. The summed E-state index contributed by atoms with van der Waals surface area (Å²) in [5, 5.41) is 9.93. The molecule has 0 aromatic carbocycles. The van der Waals surface area contributed by atoms with Crippen molar-refractivity contribution in [3.63, 3.8) is 0 Å². The second-order valence-corrected chi connectivity index (χ2v) is 8.09. The number of carbonyl (C=O) groups excluding carboxylic acids is 1. The van der Waals surface area contributed by atoms with Gasteiger partial charge in [0.25, 0.3) is 0 Å². The molecule has 122 valence electrons. The van der Waals surface area contributed by atoms with E-state index in [0.717, 1.165) is 42.9 Å². The summed E-state index contributed by atoms with van der Waals surface area (Å²) in [6.07, 6.45) is 3.79. The van der Waals surface area contributed by atoms with Gasteiger partial charge < -0.3 is 10.0 Å². The van der Waals surface area contributed by atoms with E-state index < -0.39 is 10.0 Å². The Bertz CT molecular complexity index is 474. The summed E-state index contributed by atoms with van der Waals surface area (Å²) in [6, 6.07) is 0.223. The quantitative estimate of drug-likeness (QED) is 0.714. The Balaban J connectivity index is 1.82. The maximum absolute atomic E-state index is 12.1. The molecule has 21 heavy (non-hydrogen) atoms. The third-order valence-corrected chi connectivity index (χ3v) is 5.77. The van der Waals surface area contributed by atoms with Gasteiger partial charge in [-0.2, -0.15) is 4.31 Å². The number of carbonyl (C=O) groups is 1. The highest BCUT2D eigenvalue weighted by Gasteiger charge is 2.33. The van der Waals surface area contributed by atoms with Crippen molar-refractivity contribution in [1.29, 1.82) is 0 Å². The fourth-order valence-corrected chi connectivity index (χ4v) is 3.40. The lowest BCUT2D eigenvalue weighted by atomic mass is 10.1. The van der Waals surface area contributed by atoms with Crippen LogP contribution >= 0.6 is 0 Å². The molecule has 8 heteroatoms. The third-order valence-electron chi connectivity index (χ3n) is 4.50. The second kappa shape index (κ2) is 6.60. The minimum Gasteiger partial charge on any atom is -0.391 e. The molecule has 0 spiro atoms. The van der Waals surface area contributed by atoms with E-state index in [1.807, 2.05) is 0 Å². The van der Waals surface area contributed by atoms with Crippen LogP contribution < -0.4 is 0 Å². The molecule has 0 radical (unpaired) electrons. The number of rotatable bonds is 4. The highest BCUT2D eigenvalue weighted by Crippen LogP contribution is 2.25. The molecule has 1 saturated heterocycles. The summed E-state index contributed by atoms with van der Waals surface area (Å²) in [4.78, 5) is 16.1. The Morgan fingerprint density at radius 3 is 2.33 bits per heavy atom. The lowest BCUT2D eigenvalue weighted by Gasteiger charge is -2.39. The number of aliphatic hydroxyl groups is 1. The number of aliphatic hydroxyl groups excluding tert-OH is 1. The van der Waals surface area contributed by atoms with Crippen LogP contribution in [-0.4, -0.2) is 91.7 Å². The van der Waals surface area contributed by atoms with E-state index in [4.69, 9.17) is 0 Å². The summed E-state index contributed by atoms with van der Waals surface area (Å²) in [5.74, 6) is -0.158. The molecule has 0 aromatic heterocycles. The summed E-state index contributed by atoms with van der Waals surface area (Å²) in [6.45, 7) is 2.58. The van der Waals surface area contributed by atoms with Gasteiger partial charge in [0, 0.05) is 39.3 Å². The van der Waals surface area contributed by atoms with E-state index in [1.165, 1.54) is 7.05 Å². The fourth-order valence-electron chi connectivity index (χ4n) is 3.06. The van der Waals surface area contributed by atoms with E-state index in [9.17, 15) is 18.3 Å². The largest absolute Gasteiger partial charge is 0.391 e. The molecule has 1 saturated carbocycles. The van der Waals surface area contributed by atoms with Crippen molar-refractivity contribution in [2.75, 3.05) is 46.0 Å². The number of hydrogen-bond donors (Lipinski definition) is 1. The van der Waals surface area contributed by atoms with Gasteiger partial charge in [0.15, 0.2) is 0 Å². The Hall–Kier alpha value is -0.700. The number of hydrogen-bond acceptors (Lipinski definition) is 5. The van der Waals surface area contributed by atoms with Crippen LogP contribution in [0.25, 0.3) is 0 Å². The molecular weight excluding hydrogens is 294 g/mol. The van der Waals surface area contributed by atoms with Gasteiger partial charge >= 0.3 is 0 Å². The Labute approximate surface area is 126 Å². The van der Waals surface area contributed by atoms with Gasteiger partial charge in [-0.1, -0.05) is 0 Å². The third kappa shape index (κ3) is 4.15. The maximum Gasteiger partial charge on any atom is 0.237 e. The minimum atomic E-state index is -3.33. The molecule has 0 aromatic rings. The summed E-state index contributed by atoms with van der Waals surface area (Å²) in [5.41, 5.74) is 0. The molecule has 2 aliphatic rings. The highest BCUT2D eigenvalue weighted by atomic mass is 32.2. The average molecular weight is 319 g/mol. The van der Waals surface area contributed by atoms with Crippen molar-refractivity contribution in [2.45, 2.75) is 31.4 Å². The molecule has 0 bridgehead atoms. The standard InChI is InChI=1S/C13H25N3O4S/c1-14(21(2,19)20)10-13(18)16-8-6-15(7-9-16)11-4-3-5-12(11)17/h11-12,17H,3-10H2,1-2H3/t11-,12-/m0/s1. The van der Waals surface area contributed by atoms with Crippen molar-refractivity contribution in [1.82, 2.24) is 14.1 Å². The first-order valence-electron chi connectivity index (χ1n) is 7.40. The molecule has 2 rings (SSSR count). The lowest BCUT2D eigenvalue weighted by Crippen LogP contribution is -2.55. The first kappa shape index (κ1) is 16.7.